The predicted octanol–water partition coefficient (Wildman–Crippen LogP) is 1.12. The lowest BCUT2D eigenvalue weighted by Gasteiger charge is -2.43. The molecule has 2 aliphatic heterocycles. The summed E-state index contributed by atoms with van der Waals surface area (Å²) in [6.07, 6.45) is 3.66. The van der Waals surface area contributed by atoms with Gasteiger partial charge in [0.05, 0.1) is 11.2 Å². The van der Waals surface area contributed by atoms with E-state index in [2.05, 4.69) is 27.4 Å². The Labute approximate surface area is 230 Å². The van der Waals surface area contributed by atoms with E-state index in [0.29, 0.717) is 32.2 Å². The Hall–Kier alpha value is -3.28. The van der Waals surface area contributed by atoms with Crippen molar-refractivity contribution in [3.8, 4) is 5.69 Å². The van der Waals surface area contributed by atoms with Gasteiger partial charge in [-0.05, 0) is 76.9 Å². The number of aromatic nitrogens is 2. The highest BCUT2D eigenvalue weighted by molar-refractivity contribution is 5.89. The highest BCUT2D eigenvalue weighted by Crippen LogP contribution is 2.23. The van der Waals surface area contributed by atoms with Gasteiger partial charge in [-0.25, -0.2) is 9.59 Å². The second-order valence-corrected chi connectivity index (χ2v) is 11.2. The standard InChI is InChI=1S/C28H42N8O3/c1-20(35-18-22(19-35)9-11-29)17-21-5-7-23(8-6-21)36-12-10-24(32-27(36)39)31-26(38)34-15-13-33(14-16-34)25(37)28(2,3)30-4/h5-8,10,12,20,22,30H,9,11,13-19,29H2,1-4H3,(H,31,32,38,39). The van der Waals surface area contributed by atoms with Crippen molar-refractivity contribution in [1.82, 2.24) is 29.6 Å². The molecule has 39 heavy (non-hydrogen) atoms. The second-order valence-electron chi connectivity index (χ2n) is 11.2. The largest absolute Gasteiger partial charge is 0.354 e. The lowest BCUT2D eigenvalue weighted by atomic mass is 9.93. The summed E-state index contributed by atoms with van der Waals surface area (Å²) in [5, 5.41) is 5.74. The average Bonchev–Trinajstić information content (AvgIpc) is 2.90. The smallest absolute Gasteiger partial charge is 0.338 e. The summed E-state index contributed by atoms with van der Waals surface area (Å²) >= 11 is 0. The molecule has 0 spiro atoms. The first-order valence-electron chi connectivity index (χ1n) is 13.8. The molecule has 0 aliphatic carbocycles. The molecule has 2 saturated heterocycles. The molecule has 2 aromatic rings. The molecule has 0 saturated carbocycles. The summed E-state index contributed by atoms with van der Waals surface area (Å²) < 4.78 is 1.46. The molecule has 1 aromatic heterocycles. The fraction of sp³-hybridized carbons (Fsp3) is 0.571. The molecule has 0 bridgehead atoms. The summed E-state index contributed by atoms with van der Waals surface area (Å²) in [5.41, 5.74) is 6.48. The Morgan fingerprint density at radius 2 is 1.72 bits per heavy atom. The highest BCUT2D eigenvalue weighted by atomic mass is 16.2. The minimum atomic E-state index is -0.653. The third-order valence-corrected chi connectivity index (χ3v) is 7.98. The maximum atomic E-state index is 12.8. The van der Waals surface area contributed by atoms with E-state index in [9.17, 15) is 14.4 Å². The van der Waals surface area contributed by atoms with Crippen molar-refractivity contribution in [1.29, 1.82) is 0 Å². The number of hydrogen-bond acceptors (Lipinski definition) is 7. The Kier molecular flexibility index (Phi) is 9.04. The van der Waals surface area contributed by atoms with Gasteiger partial charge >= 0.3 is 11.7 Å². The number of nitrogens with one attached hydrogen (secondary N) is 2. The van der Waals surface area contributed by atoms with Gasteiger partial charge in [0.2, 0.25) is 5.91 Å². The van der Waals surface area contributed by atoms with E-state index in [4.69, 9.17) is 5.73 Å². The van der Waals surface area contributed by atoms with Crippen LogP contribution < -0.4 is 22.1 Å². The number of anilines is 1. The second kappa shape index (κ2) is 12.3. The van der Waals surface area contributed by atoms with Gasteiger partial charge in [-0.1, -0.05) is 12.1 Å². The number of hydrogen-bond donors (Lipinski definition) is 3. The number of nitrogens with two attached hydrogens (primary N) is 1. The van der Waals surface area contributed by atoms with Crippen LogP contribution in [0.5, 0.6) is 0 Å². The Morgan fingerprint density at radius 1 is 1.08 bits per heavy atom. The first-order chi connectivity index (χ1) is 18.6. The molecule has 4 rings (SSSR count). The number of carbonyl (C=O) groups excluding carboxylic acids is 2. The molecule has 0 radical (unpaired) electrons. The van der Waals surface area contributed by atoms with Crippen LogP contribution in [0.3, 0.4) is 0 Å². The first-order valence-corrected chi connectivity index (χ1v) is 13.8. The van der Waals surface area contributed by atoms with Crippen LogP contribution in [-0.2, 0) is 11.2 Å². The monoisotopic (exact) mass is 538 g/mol. The molecule has 11 heteroatoms. The summed E-state index contributed by atoms with van der Waals surface area (Å²) in [6.45, 7) is 10.6. The van der Waals surface area contributed by atoms with Gasteiger partial charge in [-0.2, -0.15) is 4.98 Å². The Morgan fingerprint density at radius 3 is 2.31 bits per heavy atom. The van der Waals surface area contributed by atoms with Crippen molar-refractivity contribution in [2.75, 3.05) is 58.2 Å². The molecular formula is C28H42N8O3. The van der Waals surface area contributed by atoms with Crippen molar-refractivity contribution in [3.63, 3.8) is 0 Å². The third kappa shape index (κ3) is 6.84. The predicted molar refractivity (Wildman–Crippen MR) is 152 cm³/mol. The summed E-state index contributed by atoms with van der Waals surface area (Å²) in [4.78, 5) is 48.1. The number of nitrogens with zero attached hydrogens (tertiary/aromatic N) is 5. The van der Waals surface area contributed by atoms with Crippen molar-refractivity contribution < 1.29 is 9.59 Å². The van der Waals surface area contributed by atoms with Crippen molar-refractivity contribution in [2.45, 2.75) is 45.2 Å². The molecule has 3 heterocycles. The van der Waals surface area contributed by atoms with Gasteiger partial charge in [0.15, 0.2) is 0 Å². The number of carbonyl (C=O) groups is 2. The number of urea groups is 1. The summed E-state index contributed by atoms with van der Waals surface area (Å²) in [6, 6.07) is 9.68. The van der Waals surface area contributed by atoms with E-state index < -0.39 is 11.2 Å². The Balaban J connectivity index is 1.29. The van der Waals surface area contributed by atoms with Crippen LogP contribution in [0.1, 0.15) is 32.8 Å². The first kappa shape index (κ1) is 28.7. The molecule has 212 valence electrons. The maximum absolute atomic E-state index is 12.8. The van der Waals surface area contributed by atoms with Gasteiger partial charge in [-0.15, -0.1) is 0 Å². The van der Waals surface area contributed by atoms with E-state index in [1.807, 2.05) is 38.1 Å². The minimum Gasteiger partial charge on any atom is -0.338 e. The van der Waals surface area contributed by atoms with E-state index in [1.54, 1.807) is 29.1 Å². The van der Waals surface area contributed by atoms with Crippen LogP contribution in [0.15, 0.2) is 41.3 Å². The highest BCUT2D eigenvalue weighted by Gasteiger charge is 2.33. The fourth-order valence-electron chi connectivity index (χ4n) is 5.12. The molecule has 2 aliphatic rings. The van der Waals surface area contributed by atoms with Gasteiger partial charge < -0.3 is 20.9 Å². The average molecular weight is 539 g/mol. The summed E-state index contributed by atoms with van der Waals surface area (Å²) in [5.74, 6) is 0.929. The normalized spacial score (nSPS) is 17.6. The van der Waals surface area contributed by atoms with Crippen LogP contribution in [0.4, 0.5) is 10.6 Å². The van der Waals surface area contributed by atoms with Crippen LogP contribution in [-0.4, -0.2) is 101 Å². The fourth-order valence-corrected chi connectivity index (χ4v) is 5.12. The van der Waals surface area contributed by atoms with E-state index in [-0.39, 0.29) is 17.8 Å². The van der Waals surface area contributed by atoms with Crippen LogP contribution in [0, 0.1) is 5.92 Å². The third-order valence-electron chi connectivity index (χ3n) is 7.98. The molecule has 11 nitrogen and oxygen atoms in total. The number of rotatable bonds is 9. The van der Waals surface area contributed by atoms with Crippen molar-refractivity contribution >= 4 is 17.8 Å². The molecule has 2 fully saturated rings. The van der Waals surface area contributed by atoms with Gasteiger partial charge in [0.25, 0.3) is 0 Å². The molecule has 3 amide bonds. The van der Waals surface area contributed by atoms with E-state index in [0.717, 1.165) is 44.1 Å². The van der Waals surface area contributed by atoms with Gasteiger partial charge in [-0.3, -0.25) is 19.6 Å². The lowest BCUT2D eigenvalue weighted by Crippen LogP contribution is -2.58. The molecular weight excluding hydrogens is 496 g/mol. The topological polar surface area (TPSA) is 129 Å². The van der Waals surface area contributed by atoms with Crippen LogP contribution >= 0.6 is 0 Å². The van der Waals surface area contributed by atoms with Crippen molar-refractivity contribution in [2.24, 2.45) is 11.7 Å². The minimum absolute atomic E-state index is 0.00508. The van der Waals surface area contributed by atoms with Crippen LogP contribution in [0.25, 0.3) is 5.69 Å². The number of piperazine rings is 1. The molecule has 1 aromatic carbocycles. The lowest BCUT2D eigenvalue weighted by molar-refractivity contribution is -0.138. The van der Waals surface area contributed by atoms with E-state index >= 15 is 0 Å². The summed E-state index contributed by atoms with van der Waals surface area (Å²) in [7, 11) is 1.76. The zero-order chi connectivity index (χ0) is 28.2. The molecule has 4 N–H and O–H groups in total. The zero-order valence-corrected chi connectivity index (χ0v) is 23.5. The number of likely N-dealkylation sites (N-methyl/N-ethyl adjacent to an activating group) is 1. The number of likely N-dealkylation sites (tertiary alicyclic amines) is 1. The van der Waals surface area contributed by atoms with Gasteiger partial charge in [0, 0.05) is 51.5 Å². The Bertz CT molecular complexity index is 1200. The zero-order valence-electron chi connectivity index (χ0n) is 23.5. The van der Waals surface area contributed by atoms with Crippen molar-refractivity contribution in [3.05, 3.63) is 52.6 Å². The maximum Gasteiger partial charge on any atom is 0.354 e. The number of benzene rings is 1. The molecule has 1 unspecified atom stereocenters. The SMILES string of the molecule is CNC(C)(C)C(=O)N1CCN(C(=O)Nc2ccn(-c3ccc(CC(C)N4CC(CCN)C4)cc3)c(=O)n2)CC1. The molecule has 1 atom stereocenters. The quantitative estimate of drug-likeness (QED) is 0.436. The number of amides is 3. The van der Waals surface area contributed by atoms with Gasteiger partial charge in [0.1, 0.15) is 5.82 Å². The van der Waals surface area contributed by atoms with Crippen LogP contribution in [0.2, 0.25) is 0 Å². The van der Waals surface area contributed by atoms with E-state index in [1.165, 1.54) is 10.1 Å².